The van der Waals surface area contributed by atoms with Gasteiger partial charge in [0.1, 0.15) is 0 Å². The highest BCUT2D eigenvalue weighted by atomic mass is 16.3. The molecule has 0 spiro atoms. The first-order valence-corrected chi connectivity index (χ1v) is 5.09. The molecule has 0 aromatic heterocycles. The summed E-state index contributed by atoms with van der Waals surface area (Å²) in [6.45, 7) is 3.13. The van der Waals surface area contributed by atoms with Crippen molar-refractivity contribution in [2.75, 3.05) is 6.54 Å². The van der Waals surface area contributed by atoms with Gasteiger partial charge in [-0.1, -0.05) is 6.92 Å². The van der Waals surface area contributed by atoms with Crippen molar-refractivity contribution in [1.29, 1.82) is 0 Å². The van der Waals surface area contributed by atoms with Crippen LogP contribution < -0.4 is 5.32 Å². The highest BCUT2D eigenvalue weighted by molar-refractivity contribution is 4.98. The lowest BCUT2D eigenvalue weighted by molar-refractivity contribution is 0.00137. The van der Waals surface area contributed by atoms with Crippen molar-refractivity contribution in [2.45, 2.75) is 50.7 Å². The topological polar surface area (TPSA) is 32.3 Å². The Hall–Kier alpha value is -0.520. The van der Waals surface area contributed by atoms with E-state index in [1.807, 2.05) is 0 Å². The van der Waals surface area contributed by atoms with Crippen molar-refractivity contribution in [3.63, 3.8) is 0 Å². The van der Waals surface area contributed by atoms with Gasteiger partial charge in [-0.2, -0.15) is 0 Å². The average Bonchev–Trinajstić information content (AvgIpc) is 2.10. The molecule has 13 heavy (non-hydrogen) atoms. The van der Waals surface area contributed by atoms with Crippen LogP contribution in [0.3, 0.4) is 0 Å². The third kappa shape index (κ3) is 3.02. The summed E-state index contributed by atoms with van der Waals surface area (Å²) in [4.78, 5) is 0. The van der Waals surface area contributed by atoms with Crippen LogP contribution in [-0.4, -0.2) is 23.3 Å². The minimum Gasteiger partial charge on any atom is -0.389 e. The lowest BCUT2D eigenvalue weighted by atomic mass is 9.80. The fraction of sp³-hybridized carbons (Fsp3) is 0.818. The standard InChI is InChI=1S/C11H19NO/c1-3-7-11(13)8-5-10(6-9-11)12-4-2/h1,10,12-13H,4-9H2,2H3. The fourth-order valence-corrected chi connectivity index (χ4v) is 2.01. The van der Waals surface area contributed by atoms with E-state index in [4.69, 9.17) is 6.42 Å². The second-order valence-electron chi connectivity index (χ2n) is 3.94. The van der Waals surface area contributed by atoms with Crippen LogP contribution in [0.1, 0.15) is 39.0 Å². The fourth-order valence-electron chi connectivity index (χ4n) is 2.01. The van der Waals surface area contributed by atoms with E-state index >= 15 is 0 Å². The van der Waals surface area contributed by atoms with Crippen molar-refractivity contribution >= 4 is 0 Å². The molecular weight excluding hydrogens is 162 g/mol. The zero-order valence-corrected chi connectivity index (χ0v) is 8.34. The minimum absolute atomic E-state index is 0.506. The van der Waals surface area contributed by atoms with Gasteiger partial charge in [0, 0.05) is 12.5 Å². The third-order valence-electron chi connectivity index (χ3n) is 2.84. The summed E-state index contributed by atoms with van der Waals surface area (Å²) in [7, 11) is 0. The molecule has 0 atom stereocenters. The van der Waals surface area contributed by atoms with Gasteiger partial charge in [0.2, 0.25) is 0 Å². The maximum Gasteiger partial charge on any atom is 0.0757 e. The Kier molecular flexibility index (Phi) is 3.77. The predicted octanol–water partition coefficient (Wildman–Crippen LogP) is 1.29. The van der Waals surface area contributed by atoms with Crippen LogP contribution >= 0.6 is 0 Å². The van der Waals surface area contributed by atoms with Crippen LogP contribution in [0.25, 0.3) is 0 Å². The molecule has 0 unspecified atom stereocenters. The number of nitrogens with one attached hydrogen (secondary N) is 1. The van der Waals surface area contributed by atoms with E-state index in [1.165, 1.54) is 0 Å². The number of aliphatic hydroxyl groups is 1. The zero-order valence-electron chi connectivity index (χ0n) is 8.34. The molecule has 0 radical (unpaired) electrons. The summed E-state index contributed by atoms with van der Waals surface area (Å²) in [6.07, 6.45) is 9.50. The van der Waals surface area contributed by atoms with Gasteiger partial charge >= 0.3 is 0 Å². The second-order valence-corrected chi connectivity index (χ2v) is 3.94. The first kappa shape index (κ1) is 10.6. The van der Waals surface area contributed by atoms with E-state index in [0.29, 0.717) is 12.5 Å². The molecule has 2 N–H and O–H groups in total. The van der Waals surface area contributed by atoms with Crippen LogP contribution in [-0.2, 0) is 0 Å². The van der Waals surface area contributed by atoms with Gasteiger partial charge in [-0.25, -0.2) is 0 Å². The molecule has 2 heteroatoms. The molecule has 1 fully saturated rings. The Morgan fingerprint density at radius 3 is 2.62 bits per heavy atom. The van der Waals surface area contributed by atoms with Crippen LogP contribution in [0.5, 0.6) is 0 Å². The molecule has 0 amide bonds. The van der Waals surface area contributed by atoms with Gasteiger partial charge in [0.25, 0.3) is 0 Å². The van der Waals surface area contributed by atoms with Crippen molar-refractivity contribution in [1.82, 2.24) is 5.32 Å². The Bertz CT molecular complexity index is 187. The van der Waals surface area contributed by atoms with Gasteiger partial charge in [-0.3, -0.25) is 0 Å². The van der Waals surface area contributed by atoms with Crippen molar-refractivity contribution in [2.24, 2.45) is 0 Å². The molecule has 2 nitrogen and oxygen atoms in total. The average molecular weight is 181 g/mol. The van der Waals surface area contributed by atoms with Gasteiger partial charge in [-0.05, 0) is 32.2 Å². The zero-order chi connectivity index (χ0) is 9.73. The monoisotopic (exact) mass is 181 g/mol. The van der Waals surface area contributed by atoms with Crippen LogP contribution in [0.4, 0.5) is 0 Å². The number of hydrogen-bond donors (Lipinski definition) is 2. The highest BCUT2D eigenvalue weighted by Crippen LogP contribution is 2.30. The summed E-state index contributed by atoms with van der Waals surface area (Å²) in [5.41, 5.74) is -0.569. The molecule has 0 bridgehead atoms. The molecule has 1 aliphatic carbocycles. The summed E-state index contributed by atoms with van der Waals surface area (Å²) in [5.74, 6) is 2.55. The molecule has 74 valence electrons. The molecule has 0 aliphatic heterocycles. The highest BCUT2D eigenvalue weighted by Gasteiger charge is 2.31. The van der Waals surface area contributed by atoms with Crippen LogP contribution in [0.15, 0.2) is 0 Å². The number of terminal acetylenes is 1. The van der Waals surface area contributed by atoms with E-state index in [-0.39, 0.29) is 0 Å². The van der Waals surface area contributed by atoms with Crippen LogP contribution in [0.2, 0.25) is 0 Å². The van der Waals surface area contributed by atoms with Gasteiger partial charge < -0.3 is 10.4 Å². The van der Waals surface area contributed by atoms with Crippen molar-refractivity contribution < 1.29 is 5.11 Å². The molecule has 1 saturated carbocycles. The predicted molar refractivity (Wildman–Crippen MR) is 54.3 cm³/mol. The van der Waals surface area contributed by atoms with E-state index < -0.39 is 5.60 Å². The lowest BCUT2D eigenvalue weighted by Crippen LogP contribution is -2.41. The molecule has 0 aromatic rings. The Morgan fingerprint density at radius 1 is 1.54 bits per heavy atom. The van der Waals surface area contributed by atoms with Crippen LogP contribution in [0, 0.1) is 12.3 Å². The Morgan fingerprint density at radius 2 is 2.15 bits per heavy atom. The Balaban J connectivity index is 2.34. The Labute approximate surface area is 80.7 Å². The van der Waals surface area contributed by atoms with E-state index in [1.54, 1.807) is 0 Å². The number of rotatable bonds is 3. The molecule has 0 heterocycles. The summed E-state index contributed by atoms with van der Waals surface area (Å²) >= 11 is 0. The first-order chi connectivity index (χ1) is 6.20. The summed E-state index contributed by atoms with van der Waals surface area (Å²) in [5, 5.41) is 13.4. The van der Waals surface area contributed by atoms with Gasteiger partial charge in [0.05, 0.1) is 5.60 Å². The smallest absolute Gasteiger partial charge is 0.0757 e. The molecule has 0 saturated heterocycles. The lowest BCUT2D eigenvalue weighted by Gasteiger charge is -2.35. The molecule has 1 rings (SSSR count). The van der Waals surface area contributed by atoms with E-state index in [0.717, 1.165) is 32.2 Å². The second kappa shape index (κ2) is 4.64. The molecular formula is C11H19NO. The van der Waals surface area contributed by atoms with Crippen molar-refractivity contribution in [3.05, 3.63) is 0 Å². The van der Waals surface area contributed by atoms with Crippen molar-refractivity contribution in [3.8, 4) is 12.3 Å². The summed E-state index contributed by atoms with van der Waals surface area (Å²) < 4.78 is 0. The number of hydrogen-bond acceptors (Lipinski definition) is 2. The third-order valence-corrected chi connectivity index (χ3v) is 2.84. The normalized spacial score (nSPS) is 34.1. The maximum absolute atomic E-state index is 9.99. The quantitative estimate of drug-likeness (QED) is 0.643. The van der Waals surface area contributed by atoms with E-state index in [9.17, 15) is 5.11 Å². The largest absolute Gasteiger partial charge is 0.389 e. The van der Waals surface area contributed by atoms with Gasteiger partial charge in [-0.15, -0.1) is 12.3 Å². The maximum atomic E-state index is 9.99. The minimum atomic E-state index is -0.569. The van der Waals surface area contributed by atoms with Gasteiger partial charge in [0.15, 0.2) is 0 Å². The SMILES string of the molecule is C#CCC1(O)CCC(NCC)CC1. The van der Waals surface area contributed by atoms with E-state index in [2.05, 4.69) is 18.2 Å². The summed E-state index contributed by atoms with van der Waals surface area (Å²) in [6, 6.07) is 0.586. The first-order valence-electron chi connectivity index (χ1n) is 5.09. The molecule has 0 aromatic carbocycles. The molecule has 1 aliphatic rings.